The molecule has 0 aliphatic rings. The van der Waals surface area contributed by atoms with Gasteiger partial charge in [-0.2, -0.15) is 19.0 Å². The summed E-state index contributed by atoms with van der Waals surface area (Å²) in [6, 6.07) is 3.38. The summed E-state index contributed by atoms with van der Waals surface area (Å²) in [6.45, 7) is 0.659. The zero-order chi connectivity index (χ0) is 12.3. The maximum absolute atomic E-state index is 12.2. The predicted octanol–water partition coefficient (Wildman–Crippen LogP) is 2.11. The van der Waals surface area contributed by atoms with Gasteiger partial charge in [0.1, 0.15) is 5.82 Å². The lowest BCUT2D eigenvalue weighted by Crippen LogP contribution is -2.04. The van der Waals surface area contributed by atoms with E-state index in [-0.39, 0.29) is 0 Å². The lowest BCUT2D eigenvalue weighted by atomic mass is 10.4. The molecule has 1 N–H and O–H groups in total. The van der Waals surface area contributed by atoms with Gasteiger partial charge in [0.15, 0.2) is 0 Å². The Balaban J connectivity index is 1.92. The summed E-state index contributed by atoms with van der Waals surface area (Å²) in [5.74, 6) is 0.413. The van der Waals surface area contributed by atoms with Crippen molar-refractivity contribution in [2.75, 3.05) is 5.32 Å². The largest absolute Gasteiger partial charge is 0.363 e. The summed E-state index contributed by atoms with van der Waals surface area (Å²) in [4.78, 5) is 0. The average Bonchev–Trinajstić information content (AvgIpc) is 2.95. The van der Waals surface area contributed by atoms with Crippen molar-refractivity contribution in [3.05, 3.63) is 30.2 Å². The van der Waals surface area contributed by atoms with E-state index in [4.69, 9.17) is 0 Å². The molecule has 0 saturated carbocycles. The monoisotopic (exact) mass is 241 g/mol. The first-order valence-corrected chi connectivity index (χ1v) is 5.28. The van der Waals surface area contributed by atoms with Crippen molar-refractivity contribution in [1.82, 2.24) is 19.6 Å². The van der Waals surface area contributed by atoms with Crippen molar-refractivity contribution < 1.29 is 8.78 Å². The van der Waals surface area contributed by atoms with Crippen LogP contribution in [0.5, 0.6) is 0 Å². The van der Waals surface area contributed by atoms with Crippen LogP contribution in [0.15, 0.2) is 24.5 Å². The zero-order valence-electron chi connectivity index (χ0n) is 9.35. The Kier molecular flexibility index (Phi) is 3.36. The van der Waals surface area contributed by atoms with Crippen LogP contribution < -0.4 is 5.32 Å². The van der Waals surface area contributed by atoms with Gasteiger partial charge in [-0.25, -0.2) is 4.68 Å². The normalized spacial score (nSPS) is 11.1. The molecule has 0 atom stereocenters. The molecule has 2 heterocycles. The van der Waals surface area contributed by atoms with E-state index in [1.807, 2.05) is 19.2 Å². The molecule has 7 heteroatoms. The summed E-state index contributed by atoms with van der Waals surface area (Å²) < 4.78 is 26.9. The fourth-order valence-electron chi connectivity index (χ4n) is 1.40. The molecule has 92 valence electrons. The third-order valence-electron chi connectivity index (χ3n) is 2.28. The lowest BCUT2D eigenvalue weighted by Gasteiger charge is -2.00. The van der Waals surface area contributed by atoms with Crippen LogP contribution in [0.1, 0.15) is 19.2 Å². The van der Waals surface area contributed by atoms with E-state index >= 15 is 0 Å². The molecule has 0 amide bonds. The topological polar surface area (TPSA) is 47.7 Å². The van der Waals surface area contributed by atoms with Gasteiger partial charge in [0.2, 0.25) is 0 Å². The first-order chi connectivity index (χ1) is 8.19. The van der Waals surface area contributed by atoms with Gasteiger partial charge >= 0.3 is 6.55 Å². The minimum Gasteiger partial charge on any atom is -0.363 e. The van der Waals surface area contributed by atoms with Gasteiger partial charge < -0.3 is 5.32 Å². The minimum atomic E-state index is -2.61. The number of hydrogen-bond donors (Lipinski definition) is 1. The first kappa shape index (κ1) is 11.6. The molecule has 0 aliphatic carbocycles. The summed E-state index contributed by atoms with van der Waals surface area (Å²) in [5.41, 5.74) is 0.846. The molecule has 0 radical (unpaired) electrons. The van der Waals surface area contributed by atoms with Crippen LogP contribution in [0.4, 0.5) is 14.6 Å². The lowest BCUT2D eigenvalue weighted by molar-refractivity contribution is 0.0569. The number of nitrogens with zero attached hydrogens (tertiary/aromatic N) is 4. The molecule has 2 aromatic heterocycles. The van der Waals surface area contributed by atoms with Crippen LogP contribution in [0.25, 0.3) is 0 Å². The number of anilines is 1. The van der Waals surface area contributed by atoms with Crippen molar-refractivity contribution >= 4 is 5.82 Å². The summed E-state index contributed by atoms with van der Waals surface area (Å²) in [6.07, 6.45) is 3.10. The maximum atomic E-state index is 12.2. The van der Waals surface area contributed by atoms with Crippen LogP contribution in [0.2, 0.25) is 0 Å². The van der Waals surface area contributed by atoms with E-state index in [0.29, 0.717) is 17.0 Å². The Morgan fingerprint density at radius 2 is 2.12 bits per heavy atom. The Labute approximate surface area is 97.0 Å². The van der Waals surface area contributed by atoms with Gasteiger partial charge in [-0.15, -0.1) is 0 Å². The number of hydrogen-bond acceptors (Lipinski definition) is 3. The van der Waals surface area contributed by atoms with Crippen LogP contribution in [0, 0.1) is 0 Å². The highest BCUT2D eigenvalue weighted by atomic mass is 19.3. The van der Waals surface area contributed by atoms with E-state index in [0.717, 1.165) is 12.2 Å². The van der Waals surface area contributed by atoms with E-state index in [1.54, 1.807) is 4.68 Å². The average molecular weight is 241 g/mol. The van der Waals surface area contributed by atoms with Gasteiger partial charge in [0.05, 0.1) is 12.2 Å². The van der Waals surface area contributed by atoms with Crippen molar-refractivity contribution in [1.29, 1.82) is 0 Å². The quantitative estimate of drug-likeness (QED) is 0.872. The molecule has 2 aromatic rings. The summed E-state index contributed by atoms with van der Waals surface area (Å²) in [7, 11) is 0. The number of nitrogens with one attached hydrogen (secondary N) is 1. The Morgan fingerprint density at radius 1 is 1.29 bits per heavy atom. The van der Waals surface area contributed by atoms with E-state index < -0.39 is 6.55 Å². The molecule has 0 aromatic carbocycles. The highest BCUT2D eigenvalue weighted by molar-refractivity contribution is 5.32. The number of aryl methyl sites for hydroxylation is 1. The number of rotatable bonds is 5. The second-order valence-corrected chi connectivity index (χ2v) is 3.47. The van der Waals surface area contributed by atoms with Gasteiger partial charge in [0, 0.05) is 25.0 Å². The van der Waals surface area contributed by atoms with Crippen molar-refractivity contribution in [2.24, 2.45) is 0 Å². The van der Waals surface area contributed by atoms with Gasteiger partial charge in [-0.05, 0) is 13.0 Å². The number of aromatic nitrogens is 4. The first-order valence-electron chi connectivity index (χ1n) is 5.28. The SMILES string of the molecule is CCn1ccc(CNc2ccn(C(F)F)n2)n1. The fourth-order valence-corrected chi connectivity index (χ4v) is 1.40. The highest BCUT2D eigenvalue weighted by Crippen LogP contribution is 2.12. The van der Waals surface area contributed by atoms with Gasteiger partial charge in [-0.3, -0.25) is 4.68 Å². The molecular formula is C10H13F2N5. The zero-order valence-corrected chi connectivity index (χ0v) is 9.35. The Bertz CT molecular complexity index is 477. The summed E-state index contributed by atoms with van der Waals surface area (Å²) in [5, 5.41) is 10.9. The molecule has 0 aliphatic heterocycles. The molecule has 0 saturated heterocycles. The second-order valence-electron chi connectivity index (χ2n) is 3.47. The van der Waals surface area contributed by atoms with Crippen LogP contribution in [-0.2, 0) is 13.1 Å². The Hall–Kier alpha value is -1.92. The van der Waals surface area contributed by atoms with E-state index in [1.165, 1.54) is 12.3 Å². The summed E-state index contributed by atoms with van der Waals surface area (Å²) >= 11 is 0. The van der Waals surface area contributed by atoms with Crippen LogP contribution >= 0.6 is 0 Å². The van der Waals surface area contributed by atoms with Crippen molar-refractivity contribution in [3.8, 4) is 0 Å². The van der Waals surface area contributed by atoms with Gasteiger partial charge in [0.25, 0.3) is 0 Å². The number of alkyl halides is 2. The molecule has 0 fully saturated rings. The standard InChI is InChI=1S/C10H13F2N5/c1-2-16-5-3-8(14-16)7-13-9-4-6-17(15-9)10(11)12/h3-6,10H,2,7H2,1H3,(H,13,15). The molecular weight excluding hydrogens is 228 g/mol. The predicted molar refractivity (Wildman–Crippen MR) is 58.7 cm³/mol. The maximum Gasteiger partial charge on any atom is 0.333 e. The van der Waals surface area contributed by atoms with E-state index in [2.05, 4.69) is 15.5 Å². The fraction of sp³-hybridized carbons (Fsp3) is 0.400. The molecule has 5 nitrogen and oxygen atoms in total. The molecule has 0 unspecified atom stereocenters. The minimum absolute atomic E-state index is 0.413. The van der Waals surface area contributed by atoms with Crippen LogP contribution in [-0.4, -0.2) is 19.6 Å². The molecule has 17 heavy (non-hydrogen) atoms. The van der Waals surface area contributed by atoms with Crippen LogP contribution in [0.3, 0.4) is 0 Å². The third-order valence-corrected chi connectivity index (χ3v) is 2.28. The highest BCUT2D eigenvalue weighted by Gasteiger charge is 2.07. The van der Waals surface area contributed by atoms with E-state index in [9.17, 15) is 8.78 Å². The van der Waals surface area contributed by atoms with Gasteiger partial charge in [-0.1, -0.05) is 0 Å². The third kappa shape index (κ3) is 2.80. The molecule has 0 spiro atoms. The Morgan fingerprint density at radius 3 is 2.71 bits per heavy atom. The second kappa shape index (κ2) is 4.94. The van der Waals surface area contributed by atoms with Crippen molar-refractivity contribution in [2.45, 2.75) is 26.6 Å². The smallest absolute Gasteiger partial charge is 0.333 e. The number of halogens is 2. The molecule has 0 bridgehead atoms. The molecule has 2 rings (SSSR count). The van der Waals surface area contributed by atoms with Crippen molar-refractivity contribution in [3.63, 3.8) is 0 Å².